The van der Waals surface area contributed by atoms with Crippen molar-refractivity contribution < 1.29 is 14.3 Å². The summed E-state index contributed by atoms with van der Waals surface area (Å²) in [4.78, 5) is 27.9. The molecule has 2 amide bonds. The molecule has 0 spiro atoms. The van der Waals surface area contributed by atoms with E-state index in [0.717, 1.165) is 15.6 Å². The first-order chi connectivity index (χ1) is 15.9. The van der Waals surface area contributed by atoms with E-state index >= 15 is 0 Å². The molecule has 0 aliphatic carbocycles. The highest BCUT2D eigenvalue weighted by molar-refractivity contribution is 9.10. The minimum atomic E-state index is -0.627. The molecular weight excluding hydrogens is 516 g/mol. The van der Waals surface area contributed by atoms with Crippen LogP contribution in [0.5, 0.6) is 5.75 Å². The fraction of sp³-hybridized carbons (Fsp3) is 0.481. The number of amides is 2. The number of carbonyl (C=O) groups excluding carboxylic acids is 2. The van der Waals surface area contributed by atoms with E-state index in [-0.39, 0.29) is 30.4 Å². The van der Waals surface area contributed by atoms with Crippen molar-refractivity contribution in [3.05, 3.63) is 63.1 Å². The first kappa shape index (κ1) is 28.2. The van der Waals surface area contributed by atoms with Gasteiger partial charge in [0.15, 0.2) is 6.61 Å². The SMILES string of the molecule is CC[C@H](C(=O)NCC(C)C)N(Cc1ccccc1Cl)C(=O)COc1ccc(C(C)(C)C)cc1Br. The summed E-state index contributed by atoms with van der Waals surface area (Å²) in [6, 6.07) is 12.6. The van der Waals surface area contributed by atoms with E-state index in [0.29, 0.717) is 29.7 Å². The number of nitrogens with one attached hydrogen (secondary N) is 1. The van der Waals surface area contributed by atoms with Gasteiger partial charge in [-0.05, 0) is 63.0 Å². The zero-order valence-electron chi connectivity index (χ0n) is 21.0. The number of benzene rings is 2. The average molecular weight is 552 g/mol. The van der Waals surface area contributed by atoms with Gasteiger partial charge in [-0.25, -0.2) is 0 Å². The van der Waals surface area contributed by atoms with Gasteiger partial charge < -0.3 is 15.0 Å². The van der Waals surface area contributed by atoms with Crippen molar-refractivity contribution in [1.29, 1.82) is 0 Å². The first-order valence-electron chi connectivity index (χ1n) is 11.7. The number of carbonyl (C=O) groups is 2. The molecule has 1 N–H and O–H groups in total. The molecule has 0 aromatic heterocycles. The van der Waals surface area contributed by atoms with Gasteiger partial charge >= 0.3 is 0 Å². The zero-order valence-corrected chi connectivity index (χ0v) is 23.3. The Morgan fingerprint density at radius 2 is 1.82 bits per heavy atom. The topological polar surface area (TPSA) is 58.6 Å². The molecule has 2 aromatic rings. The summed E-state index contributed by atoms with van der Waals surface area (Å²) in [5.41, 5.74) is 1.94. The zero-order chi connectivity index (χ0) is 25.5. The van der Waals surface area contributed by atoms with Gasteiger partial charge in [0, 0.05) is 18.1 Å². The van der Waals surface area contributed by atoms with Crippen molar-refractivity contribution in [2.75, 3.05) is 13.2 Å². The number of halogens is 2. The quantitative estimate of drug-likeness (QED) is 0.374. The molecular formula is C27H36BrClN2O3. The van der Waals surface area contributed by atoms with Crippen LogP contribution in [-0.4, -0.2) is 35.9 Å². The molecule has 0 heterocycles. The third kappa shape index (κ3) is 8.02. The summed E-state index contributed by atoms with van der Waals surface area (Å²) in [5.74, 6) is 0.438. The Labute approximate surface area is 217 Å². The van der Waals surface area contributed by atoms with Crippen molar-refractivity contribution in [3.63, 3.8) is 0 Å². The minimum Gasteiger partial charge on any atom is -0.483 e. The van der Waals surface area contributed by atoms with Gasteiger partial charge in [-0.1, -0.05) is 77.4 Å². The summed E-state index contributed by atoms with van der Waals surface area (Å²) >= 11 is 9.93. The largest absolute Gasteiger partial charge is 0.483 e. The Kier molecular flexibility index (Phi) is 10.4. The van der Waals surface area contributed by atoms with Crippen LogP contribution in [0.1, 0.15) is 59.1 Å². The highest BCUT2D eigenvalue weighted by Crippen LogP contribution is 2.31. The van der Waals surface area contributed by atoms with Crippen LogP contribution in [-0.2, 0) is 21.5 Å². The van der Waals surface area contributed by atoms with E-state index in [2.05, 4.69) is 42.0 Å². The Hall–Kier alpha value is -2.05. The maximum atomic E-state index is 13.4. The van der Waals surface area contributed by atoms with Crippen molar-refractivity contribution in [1.82, 2.24) is 10.2 Å². The fourth-order valence-electron chi connectivity index (χ4n) is 3.46. The lowest BCUT2D eigenvalue weighted by atomic mass is 9.87. The van der Waals surface area contributed by atoms with E-state index in [1.54, 1.807) is 11.0 Å². The predicted molar refractivity (Wildman–Crippen MR) is 142 cm³/mol. The second-order valence-electron chi connectivity index (χ2n) is 9.86. The van der Waals surface area contributed by atoms with E-state index in [1.165, 1.54) is 0 Å². The van der Waals surface area contributed by atoms with Gasteiger partial charge in [-0.15, -0.1) is 0 Å². The number of hydrogen-bond donors (Lipinski definition) is 1. The molecule has 2 rings (SSSR count). The summed E-state index contributed by atoms with van der Waals surface area (Å²) in [7, 11) is 0. The molecule has 0 unspecified atom stereocenters. The molecule has 0 bridgehead atoms. The molecule has 0 fully saturated rings. The lowest BCUT2D eigenvalue weighted by molar-refractivity contribution is -0.143. The Bertz CT molecular complexity index is 988. The minimum absolute atomic E-state index is 0.000313. The Morgan fingerprint density at radius 1 is 1.15 bits per heavy atom. The van der Waals surface area contributed by atoms with Crippen LogP contribution >= 0.6 is 27.5 Å². The molecule has 7 heteroatoms. The molecule has 2 aromatic carbocycles. The van der Waals surface area contributed by atoms with Crippen molar-refractivity contribution in [2.24, 2.45) is 5.92 Å². The standard InChI is InChI=1S/C27H36BrClN2O3/c1-7-23(26(33)30-15-18(2)3)31(16-19-10-8-9-11-22(19)29)25(32)17-34-24-13-12-20(14-21(24)28)27(4,5)6/h8-14,18,23H,7,15-17H2,1-6H3,(H,30,33)/t23-/m1/s1. The molecule has 5 nitrogen and oxygen atoms in total. The van der Waals surface area contributed by atoms with Crippen LogP contribution in [0.15, 0.2) is 46.9 Å². The molecule has 186 valence electrons. The Morgan fingerprint density at radius 3 is 2.38 bits per heavy atom. The second kappa shape index (κ2) is 12.6. The lowest BCUT2D eigenvalue weighted by Crippen LogP contribution is -2.50. The maximum absolute atomic E-state index is 13.4. The molecule has 0 saturated heterocycles. The third-order valence-corrected chi connectivity index (χ3v) is 6.51. The van der Waals surface area contributed by atoms with Crippen molar-refractivity contribution >= 4 is 39.3 Å². The number of hydrogen-bond acceptors (Lipinski definition) is 3. The maximum Gasteiger partial charge on any atom is 0.261 e. The highest BCUT2D eigenvalue weighted by atomic mass is 79.9. The molecule has 0 aliphatic rings. The second-order valence-corrected chi connectivity index (χ2v) is 11.1. The number of rotatable bonds is 10. The van der Waals surface area contributed by atoms with E-state index < -0.39 is 6.04 Å². The third-order valence-electron chi connectivity index (χ3n) is 5.52. The summed E-state index contributed by atoms with van der Waals surface area (Å²) in [6.45, 7) is 13.0. The lowest BCUT2D eigenvalue weighted by Gasteiger charge is -2.31. The summed E-state index contributed by atoms with van der Waals surface area (Å²) < 4.78 is 6.67. The van der Waals surface area contributed by atoms with Crippen molar-refractivity contribution in [2.45, 2.75) is 66.0 Å². The van der Waals surface area contributed by atoms with Crippen LogP contribution < -0.4 is 10.1 Å². The molecule has 1 atom stereocenters. The number of ether oxygens (including phenoxy) is 1. The number of nitrogens with zero attached hydrogens (tertiary/aromatic N) is 1. The molecule has 0 aliphatic heterocycles. The van der Waals surface area contributed by atoms with Crippen LogP contribution in [0, 0.1) is 5.92 Å². The summed E-state index contributed by atoms with van der Waals surface area (Å²) in [6.07, 6.45) is 0.476. The van der Waals surface area contributed by atoms with Gasteiger partial charge in [-0.3, -0.25) is 9.59 Å². The van der Waals surface area contributed by atoms with Gasteiger partial charge in [0.05, 0.1) is 4.47 Å². The highest BCUT2D eigenvalue weighted by Gasteiger charge is 2.29. The Balaban J connectivity index is 2.24. The van der Waals surface area contributed by atoms with Crippen LogP contribution in [0.3, 0.4) is 0 Å². The van der Waals surface area contributed by atoms with E-state index in [4.69, 9.17) is 16.3 Å². The van der Waals surface area contributed by atoms with Crippen LogP contribution in [0.2, 0.25) is 5.02 Å². The molecule has 34 heavy (non-hydrogen) atoms. The van der Waals surface area contributed by atoms with E-state index in [9.17, 15) is 9.59 Å². The van der Waals surface area contributed by atoms with Crippen LogP contribution in [0.4, 0.5) is 0 Å². The van der Waals surface area contributed by atoms with Crippen molar-refractivity contribution in [3.8, 4) is 5.75 Å². The molecule has 0 saturated carbocycles. The molecule has 0 radical (unpaired) electrons. The fourth-order valence-corrected chi connectivity index (χ4v) is 4.15. The smallest absolute Gasteiger partial charge is 0.261 e. The monoisotopic (exact) mass is 550 g/mol. The summed E-state index contributed by atoms with van der Waals surface area (Å²) in [5, 5.41) is 3.51. The van der Waals surface area contributed by atoms with Crippen LogP contribution in [0.25, 0.3) is 0 Å². The average Bonchev–Trinajstić information content (AvgIpc) is 2.77. The first-order valence-corrected chi connectivity index (χ1v) is 12.8. The van der Waals surface area contributed by atoms with E-state index in [1.807, 2.05) is 57.2 Å². The van der Waals surface area contributed by atoms with Gasteiger partial charge in [-0.2, -0.15) is 0 Å². The van der Waals surface area contributed by atoms with Gasteiger partial charge in [0.25, 0.3) is 5.91 Å². The predicted octanol–water partition coefficient (Wildman–Crippen LogP) is 6.36. The van der Waals surface area contributed by atoms with Gasteiger partial charge in [0.1, 0.15) is 11.8 Å². The normalized spacial score (nSPS) is 12.4. The van der Waals surface area contributed by atoms with Gasteiger partial charge in [0.2, 0.25) is 5.91 Å².